The lowest BCUT2D eigenvalue weighted by atomic mass is 10.2. The maximum Gasteiger partial charge on any atom is 0.289 e. The predicted molar refractivity (Wildman–Crippen MR) is 88.5 cm³/mol. The van der Waals surface area contributed by atoms with Gasteiger partial charge in [-0.15, -0.1) is 10.2 Å². The van der Waals surface area contributed by atoms with Crippen molar-refractivity contribution in [3.05, 3.63) is 52.6 Å². The second-order valence-electron chi connectivity index (χ2n) is 5.53. The summed E-state index contributed by atoms with van der Waals surface area (Å²) in [5, 5.41) is 8.39. The van der Waals surface area contributed by atoms with E-state index in [-0.39, 0.29) is 23.8 Å². The van der Waals surface area contributed by atoms with E-state index in [1.54, 1.807) is 37.6 Å². The van der Waals surface area contributed by atoms with Crippen LogP contribution in [0.25, 0.3) is 10.9 Å². The van der Waals surface area contributed by atoms with E-state index in [1.807, 2.05) is 4.57 Å². The largest absolute Gasteiger partial charge is 0.331 e. The van der Waals surface area contributed by atoms with Gasteiger partial charge in [-0.05, 0) is 18.6 Å². The van der Waals surface area contributed by atoms with Crippen molar-refractivity contribution in [2.24, 2.45) is 0 Å². The summed E-state index contributed by atoms with van der Waals surface area (Å²) in [6.07, 6.45) is 2.59. The van der Waals surface area contributed by atoms with E-state index in [0.717, 1.165) is 13.0 Å². The minimum Gasteiger partial charge on any atom is -0.331 e. The van der Waals surface area contributed by atoms with E-state index in [2.05, 4.69) is 27.1 Å². The molecule has 0 unspecified atom stereocenters. The van der Waals surface area contributed by atoms with E-state index in [9.17, 15) is 9.59 Å². The maximum absolute atomic E-state index is 12.6. The smallest absolute Gasteiger partial charge is 0.289 e. The van der Waals surface area contributed by atoms with Gasteiger partial charge < -0.3 is 14.5 Å². The third kappa shape index (κ3) is 3.03. The van der Waals surface area contributed by atoms with Gasteiger partial charge in [0.05, 0.1) is 17.4 Å². The highest BCUT2D eigenvalue weighted by atomic mass is 16.2. The molecule has 0 spiro atoms. The average Bonchev–Trinajstić information content (AvgIpc) is 3.01. The fraction of sp³-hybridized carbons (Fsp3) is 0.312. The molecule has 124 valence electrons. The second-order valence-corrected chi connectivity index (χ2v) is 5.53. The van der Waals surface area contributed by atoms with Crippen LogP contribution in [0.1, 0.15) is 29.8 Å². The van der Waals surface area contributed by atoms with Crippen molar-refractivity contribution in [2.75, 3.05) is 7.05 Å². The Bertz CT molecular complexity index is 929. The Morgan fingerprint density at radius 2 is 2.12 bits per heavy atom. The first-order chi connectivity index (χ1) is 11.6. The van der Waals surface area contributed by atoms with Crippen molar-refractivity contribution >= 4 is 16.8 Å². The number of nitrogens with one attached hydrogen (secondary N) is 1. The molecule has 1 N–H and O–H groups in total. The summed E-state index contributed by atoms with van der Waals surface area (Å²) in [4.78, 5) is 32.9. The van der Waals surface area contributed by atoms with Gasteiger partial charge in [-0.2, -0.15) is 0 Å². The van der Waals surface area contributed by atoms with Gasteiger partial charge in [0.2, 0.25) is 0 Å². The highest BCUT2D eigenvalue weighted by Crippen LogP contribution is 2.08. The van der Waals surface area contributed by atoms with Crippen molar-refractivity contribution in [2.45, 2.75) is 26.4 Å². The quantitative estimate of drug-likeness (QED) is 0.760. The number of aromatic nitrogens is 5. The molecular formula is C16H18N6O2. The lowest BCUT2D eigenvalue weighted by molar-refractivity contribution is 0.0768. The normalized spacial score (nSPS) is 10.9. The molecule has 0 aliphatic rings. The number of aryl methyl sites for hydroxylation is 1. The van der Waals surface area contributed by atoms with E-state index in [4.69, 9.17) is 0 Å². The van der Waals surface area contributed by atoms with Crippen LogP contribution in [0.2, 0.25) is 0 Å². The molecule has 8 heteroatoms. The highest BCUT2D eigenvalue weighted by Gasteiger charge is 2.18. The molecule has 3 rings (SSSR count). The molecule has 8 nitrogen and oxygen atoms in total. The van der Waals surface area contributed by atoms with Crippen LogP contribution in [0, 0.1) is 0 Å². The zero-order valence-corrected chi connectivity index (χ0v) is 13.6. The highest BCUT2D eigenvalue weighted by molar-refractivity contribution is 5.92. The molecule has 3 aromatic rings. The molecule has 0 saturated heterocycles. The van der Waals surface area contributed by atoms with Crippen molar-refractivity contribution in [3.63, 3.8) is 0 Å². The van der Waals surface area contributed by atoms with Crippen LogP contribution in [0.5, 0.6) is 0 Å². The molecule has 0 fully saturated rings. The fourth-order valence-corrected chi connectivity index (χ4v) is 2.48. The maximum atomic E-state index is 12.6. The number of nitrogens with zero attached hydrogens (tertiary/aromatic N) is 5. The first kappa shape index (κ1) is 15.9. The Balaban J connectivity index is 1.85. The summed E-state index contributed by atoms with van der Waals surface area (Å²) < 4.78 is 1.90. The fourth-order valence-electron chi connectivity index (χ4n) is 2.48. The monoisotopic (exact) mass is 326 g/mol. The first-order valence-corrected chi connectivity index (χ1v) is 7.71. The molecule has 0 aliphatic carbocycles. The van der Waals surface area contributed by atoms with Gasteiger partial charge >= 0.3 is 0 Å². The van der Waals surface area contributed by atoms with Crippen LogP contribution in [0.4, 0.5) is 0 Å². The minimum atomic E-state index is -0.371. The number of aromatic amines is 1. The number of amides is 1. The van der Waals surface area contributed by atoms with Crippen LogP contribution in [0.3, 0.4) is 0 Å². The Kier molecular flexibility index (Phi) is 4.37. The van der Waals surface area contributed by atoms with E-state index >= 15 is 0 Å². The average molecular weight is 326 g/mol. The number of H-pyrrole nitrogens is 1. The molecule has 0 aliphatic heterocycles. The van der Waals surface area contributed by atoms with Crippen molar-refractivity contribution in [3.8, 4) is 0 Å². The Hall–Kier alpha value is -3.03. The van der Waals surface area contributed by atoms with Gasteiger partial charge in [0.25, 0.3) is 11.5 Å². The second kappa shape index (κ2) is 6.61. The Morgan fingerprint density at radius 1 is 1.33 bits per heavy atom. The first-order valence-electron chi connectivity index (χ1n) is 7.71. The molecule has 24 heavy (non-hydrogen) atoms. The summed E-state index contributed by atoms with van der Waals surface area (Å²) in [5.41, 5.74) is 0.165. The number of hydrogen-bond donors (Lipinski definition) is 1. The predicted octanol–water partition coefficient (Wildman–Crippen LogP) is 1.20. The summed E-state index contributed by atoms with van der Waals surface area (Å²) in [5.74, 6) is 0.336. The number of carbonyl (C=O) groups is 1. The summed E-state index contributed by atoms with van der Waals surface area (Å²) >= 11 is 0. The minimum absolute atomic E-state index is 0.0164. The van der Waals surface area contributed by atoms with Gasteiger partial charge in [0.15, 0.2) is 11.6 Å². The van der Waals surface area contributed by atoms with Crippen LogP contribution < -0.4 is 5.56 Å². The topological polar surface area (TPSA) is 96.8 Å². The van der Waals surface area contributed by atoms with Crippen LogP contribution in [0.15, 0.2) is 35.4 Å². The van der Waals surface area contributed by atoms with Gasteiger partial charge in [0, 0.05) is 13.6 Å². The number of hydrogen-bond acceptors (Lipinski definition) is 5. The van der Waals surface area contributed by atoms with Gasteiger partial charge in [-0.3, -0.25) is 9.59 Å². The van der Waals surface area contributed by atoms with Crippen LogP contribution >= 0.6 is 0 Å². The number of para-hydroxylation sites is 1. The molecule has 2 aromatic heterocycles. The third-order valence-corrected chi connectivity index (χ3v) is 3.70. The van der Waals surface area contributed by atoms with Crippen LogP contribution in [-0.2, 0) is 13.1 Å². The number of benzene rings is 1. The Morgan fingerprint density at radius 3 is 2.92 bits per heavy atom. The zero-order valence-electron chi connectivity index (χ0n) is 13.6. The van der Waals surface area contributed by atoms with Crippen molar-refractivity contribution in [1.82, 2.24) is 29.6 Å². The van der Waals surface area contributed by atoms with Gasteiger partial charge in [-0.1, -0.05) is 19.1 Å². The number of rotatable bonds is 5. The van der Waals surface area contributed by atoms with Crippen molar-refractivity contribution in [1.29, 1.82) is 0 Å². The Labute approximate surface area is 138 Å². The number of carbonyl (C=O) groups excluding carboxylic acids is 1. The zero-order chi connectivity index (χ0) is 17.1. The lowest BCUT2D eigenvalue weighted by Crippen LogP contribution is -2.31. The van der Waals surface area contributed by atoms with Gasteiger partial charge in [0.1, 0.15) is 6.33 Å². The molecule has 0 saturated carbocycles. The summed E-state index contributed by atoms with van der Waals surface area (Å²) in [6, 6.07) is 6.92. The van der Waals surface area contributed by atoms with E-state index in [0.29, 0.717) is 16.7 Å². The third-order valence-electron chi connectivity index (χ3n) is 3.70. The standard InChI is InChI=1S/C16H18N6O2/c1-3-8-22-10-17-20-13(22)9-21(2)16(24)14-18-12-7-5-4-6-11(12)15(23)19-14/h4-7,10H,3,8-9H2,1-2H3,(H,18,19,23). The molecule has 0 bridgehead atoms. The molecule has 0 atom stereocenters. The molecule has 1 aromatic carbocycles. The van der Waals surface area contributed by atoms with E-state index < -0.39 is 0 Å². The molecular weight excluding hydrogens is 308 g/mol. The number of fused-ring (bicyclic) bond motifs is 1. The van der Waals surface area contributed by atoms with Gasteiger partial charge in [-0.25, -0.2) is 4.98 Å². The van der Waals surface area contributed by atoms with Crippen LogP contribution in [-0.4, -0.2) is 42.6 Å². The molecule has 2 heterocycles. The molecule has 0 radical (unpaired) electrons. The molecule has 1 amide bonds. The lowest BCUT2D eigenvalue weighted by Gasteiger charge is -2.16. The van der Waals surface area contributed by atoms with Crippen molar-refractivity contribution < 1.29 is 4.79 Å². The SMILES string of the molecule is CCCn1cnnc1CN(C)C(=O)c1nc2ccccc2c(=O)[nH]1. The van der Waals surface area contributed by atoms with E-state index in [1.165, 1.54) is 4.90 Å². The summed E-state index contributed by atoms with van der Waals surface area (Å²) in [6.45, 7) is 3.13. The summed E-state index contributed by atoms with van der Waals surface area (Å²) in [7, 11) is 1.64.